The highest BCUT2D eigenvalue weighted by Gasteiger charge is 2.23. The summed E-state index contributed by atoms with van der Waals surface area (Å²) in [6.45, 7) is 6.14. The second kappa shape index (κ2) is 4.11. The van der Waals surface area contributed by atoms with Crippen LogP contribution in [0.5, 0.6) is 0 Å². The van der Waals surface area contributed by atoms with Crippen molar-refractivity contribution in [3.8, 4) is 0 Å². The number of hydrogen-bond donors (Lipinski definition) is 2. The van der Waals surface area contributed by atoms with E-state index in [9.17, 15) is 5.11 Å². The Morgan fingerprint density at radius 3 is 2.53 bits per heavy atom. The van der Waals surface area contributed by atoms with E-state index in [1.54, 1.807) is 0 Å². The number of rotatable bonds is 3. The van der Waals surface area contributed by atoms with Crippen molar-refractivity contribution in [1.29, 1.82) is 0 Å². The minimum Gasteiger partial charge on any atom is -0.399 e. The zero-order chi connectivity index (χ0) is 11.6. The van der Waals surface area contributed by atoms with Crippen molar-refractivity contribution >= 4 is 11.4 Å². The highest BCUT2D eigenvalue weighted by molar-refractivity contribution is 5.61. The Morgan fingerprint density at radius 2 is 2.00 bits per heavy atom. The van der Waals surface area contributed by atoms with Gasteiger partial charge in [0, 0.05) is 18.4 Å². The Balaban J connectivity index is 3.10. The lowest BCUT2D eigenvalue weighted by atomic mass is 10.0. The van der Waals surface area contributed by atoms with Crippen molar-refractivity contribution in [2.45, 2.75) is 26.3 Å². The molecule has 0 saturated heterocycles. The lowest BCUT2D eigenvalue weighted by Gasteiger charge is -2.37. The van der Waals surface area contributed by atoms with Gasteiger partial charge in [0.15, 0.2) is 0 Å². The first-order chi connectivity index (χ1) is 6.88. The molecule has 84 valence electrons. The zero-order valence-corrected chi connectivity index (χ0v) is 9.91. The Hall–Kier alpha value is -1.22. The van der Waals surface area contributed by atoms with Crippen LogP contribution in [0.25, 0.3) is 0 Å². The van der Waals surface area contributed by atoms with Gasteiger partial charge in [0.2, 0.25) is 0 Å². The summed E-state index contributed by atoms with van der Waals surface area (Å²) in [6.07, 6.45) is 0. The third-order valence-electron chi connectivity index (χ3n) is 2.89. The van der Waals surface area contributed by atoms with Gasteiger partial charge in [0.25, 0.3) is 0 Å². The second-order valence-electron chi connectivity index (χ2n) is 4.58. The topological polar surface area (TPSA) is 49.5 Å². The van der Waals surface area contributed by atoms with Gasteiger partial charge in [0.05, 0.1) is 12.1 Å². The Kier molecular flexibility index (Phi) is 3.25. The molecule has 0 saturated carbocycles. The molecule has 3 heteroatoms. The molecule has 15 heavy (non-hydrogen) atoms. The maximum absolute atomic E-state index is 9.31. The third-order valence-corrected chi connectivity index (χ3v) is 2.89. The maximum atomic E-state index is 9.31. The van der Waals surface area contributed by atoms with E-state index in [1.807, 2.05) is 46.0 Å². The van der Waals surface area contributed by atoms with Gasteiger partial charge < -0.3 is 15.7 Å². The van der Waals surface area contributed by atoms with E-state index in [0.717, 1.165) is 16.9 Å². The molecule has 0 atom stereocenters. The van der Waals surface area contributed by atoms with E-state index >= 15 is 0 Å². The van der Waals surface area contributed by atoms with Crippen molar-refractivity contribution in [2.75, 3.05) is 24.3 Å². The number of nitrogens with two attached hydrogens (primary N) is 1. The highest BCUT2D eigenvalue weighted by Crippen LogP contribution is 2.27. The summed E-state index contributed by atoms with van der Waals surface area (Å²) in [5, 5.41) is 9.31. The standard InChI is InChI=1S/C12H20N2O/c1-9-5-6-10(13)7-11(9)14(4)12(2,3)8-15/h5-7,15H,8,13H2,1-4H3. The summed E-state index contributed by atoms with van der Waals surface area (Å²) in [5.74, 6) is 0. The van der Waals surface area contributed by atoms with Gasteiger partial charge in [-0.2, -0.15) is 0 Å². The molecule has 3 nitrogen and oxygen atoms in total. The average molecular weight is 208 g/mol. The second-order valence-corrected chi connectivity index (χ2v) is 4.58. The fourth-order valence-electron chi connectivity index (χ4n) is 1.42. The van der Waals surface area contributed by atoms with Gasteiger partial charge in [-0.05, 0) is 38.5 Å². The SMILES string of the molecule is Cc1ccc(N)cc1N(C)C(C)(C)CO. The number of aryl methyl sites for hydroxylation is 1. The van der Waals surface area contributed by atoms with E-state index in [-0.39, 0.29) is 12.1 Å². The Bertz CT molecular complexity index is 347. The summed E-state index contributed by atoms with van der Waals surface area (Å²) in [7, 11) is 1.97. The van der Waals surface area contributed by atoms with Gasteiger partial charge in [-0.25, -0.2) is 0 Å². The van der Waals surface area contributed by atoms with E-state index in [0.29, 0.717) is 0 Å². The third kappa shape index (κ3) is 2.42. The molecule has 0 unspecified atom stereocenters. The molecule has 0 aliphatic rings. The molecule has 0 aromatic heterocycles. The molecule has 0 bridgehead atoms. The fourth-order valence-corrected chi connectivity index (χ4v) is 1.42. The van der Waals surface area contributed by atoms with Crippen molar-refractivity contribution in [1.82, 2.24) is 0 Å². The minimum atomic E-state index is -0.279. The predicted molar refractivity (Wildman–Crippen MR) is 65.2 cm³/mol. The van der Waals surface area contributed by atoms with Crippen molar-refractivity contribution in [3.05, 3.63) is 23.8 Å². The lowest BCUT2D eigenvalue weighted by Crippen LogP contribution is -2.44. The molecule has 1 aromatic carbocycles. The Labute approximate surface area is 91.5 Å². The van der Waals surface area contributed by atoms with Crippen LogP contribution in [0.2, 0.25) is 0 Å². The van der Waals surface area contributed by atoms with Crippen molar-refractivity contribution in [3.63, 3.8) is 0 Å². The number of aliphatic hydroxyl groups is 1. The molecular formula is C12H20N2O. The first kappa shape index (κ1) is 11.9. The quantitative estimate of drug-likeness (QED) is 0.744. The van der Waals surface area contributed by atoms with Crippen LogP contribution in [0.3, 0.4) is 0 Å². The van der Waals surface area contributed by atoms with E-state index in [1.165, 1.54) is 0 Å². The summed E-state index contributed by atoms with van der Waals surface area (Å²) >= 11 is 0. The normalized spacial score (nSPS) is 11.5. The van der Waals surface area contributed by atoms with Gasteiger partial charge in [-0.15, -0.1) is 0 Å². The van der Waals surface area contributed by atoms with E-state index in [4.69, 9.17) is 5.73 Å². The summed E-state index contributed by atoms with van der Waals surface area (Å²) in [4.78, 5) is 2.05. The highest BCUT2D eigenvalue weighted by atomic mass is 16.3. The molecule has 0 spiro atoms. The molecular weight excluding hydrogens is 188 g/mol. The van der Waals surface area contributed by atoms with Crippen LogP contribution >= 0.6 is 0 Å². The van der Waals surface area contributed by atoms with Crippen LogP contribution in [0.4, 0.5) is 11.4 Å². The van der Waals surface area contributed by atoms with Gasteiger partial charge >= 0.3 is 0 Å². The van der Waals surface area contributed by atoms with Crippen LogP contribution in [-0.2, 0) is 0 Å². The molecule has 1 aromatic rings. The lowest BCUT2D eigenvalue weighted by molar-refractivity contribution is 0.216. The molecule has 0 fully saturated rings. The number of likely N-dealkylation sites (N-methyl/N-ethyl adjacent to an activating group) is 1. The van der Waals surface area contributed by atoms with Crippen LogP contribution in [0, 0.1) is 6.92 Å². The van der Waals surface area contributed by atoms with Crippen LogP contribution in [0.15, 0.2) is 18.2 Å². The van der Waals surface area contributed by atoms with Gasteiger partial charge in [-0.3, -0.25) is 0 Å². The van der Waals surface area contributed by atoms with Gasteiger partial charge in [0.1, 0.15) is 0 Å². The first-order valence-electron chi connectivity index (χ1n) is 5.09. The minimum absolute atomic E-state index is 0.109. The smallest absolute Gasteiger partial charge is 0.0658 e. The van der Waals surface area contributed by atoms with Crippen molar-refractivity contribution in [2.24, 2.45) is 0 Å². The molecule has 0 radical (unpaired) electrons. The molecule has 0 aliphatic carbocycles. The largest absolute Gasteiger partial charge is 0.399 e. The van der Waals surface area contributed by atoms with Gasteiger partial charge in [-0.1, -0.05) is 6.07 Å². The number of benzene rings is 1. The molecule has 0 aliphatic heterocycles. The van der Waals surface area contributed by atoms with Crippen LogP contribution in [0.1, 0.15) is 19.4 Å². The summed E-state index contributed by atoms with van der Waals surface area (Å²) < 4.78 is 0. The molecule has 3 N–H and O–H groups in total. The zero-order valence-electron chi connectivity index (χ0n) is 9.91. The summed E-state index contributed by atoms with van der Waals surface area (Å²) in [5.41, 5.74) is 8.45. The molecule has 0 amide bonds. The molecule has 0 heterocycles. The van der Waals surface area contributed by atoms with E-state index in [2.05, 4.69) is 4.90 Å². The maximum Gasteiger partial charge on any atom is 0.0658 e. The van der Waals surface area contributed by atoms with E-state index < -0.39 is 0 Å². The number of hydrogen-bond acceptors (Lipinski definition) is 3. The van der Waals surface area contributed by atoms with Crippen molar-refractivity contribution < 1.29 is 5.11 Å². The number of aliphatic hydroxyl groups excluding tert-OH is 1. The number of anilines is 2. The number of nitrogens with zero attached hydrogens (tertiary/aromatic N) is 1. The van der Waals surface area contributed by atoms with Crippen LogP contribution in [-0.4, -0.2) is 24.3 Å². The monoisotopic (exact) mass is 208 g/mol. The summed E-state index contributed by atoms with van der Waals surface area (Å²) in [6, 6.07) is 5.82. The molecule has 1 rings (SSSR count). The average Bonchev–Trinajstić information content (AvgIpc) is 2.20. The fraction of sp³-hybridized carbons (Fsp3) is 0.500. The predicted octanol–water partition coefficient (Wildman–Crippen LogP) is 1.78. The first-order valence-corrected chi connectivity index (χ1v) is 5.09. The Morgan fingerprint density at radius 1 is 1.40 bits per heavy atom. The number of nitrogen functional groups attached to an aromatic ring is 1. The van der Waals surface area contributed by atoms with Crippen LogP contribution < -0.4 is 10.6 Å².